The molecule has 25 heavy (non-hydrogen) atoms. The molecule has 3 aliphatic carbocycles. The number of rotatable bonds is 4. The minimum absolute atomic E-state index is 0.00155. The van der Waals surface area contributed by atoms with Gasteiger partial charge in [-0.05, 0) is 50.0 Å². The van der Waals surface area contributed by atoms with Crippen molar-refractivity contribution in [3.05, 3.63) is 47.7 Å². The van der Waals surface area contributed by atoms with E-state index in [1.807, 2.05) is 30.3 Å². The summed E-state index contributed by atoms with van der Waals surface area (Å²) in [6, 6.07) is 9.77. The number of amides is 2. The lowest BCUT2D eigenvalue weighted by molar-refractivity contribution is -0.140. The minimum atomic E-state index is -1.72. The largest absolute Gasteiger partial charge is 0.547 e. The van der Waals surface area contributed by atoms with Gasteiger partial charge in [-0.15, -0.1) is 0 Å². The van der Waals surface area contributed by atoms with Crippen LogP contribution in [0.3, 0.4) is 0 Å². The fraction of sp³-hybridized carbons (Fsp3) is 0.500. The smallest absolute Gasteiger partial charge is 0.241 e. The van der Waals surface area contributed by atoms with Crippen LogP contribution >= 0.6 is 0 Å². The van der Waals surface area contributed by atoms with E-state index in [2.05, 4.69) is 25.7 Å². The van der Waals surface area contributed by atoms with E-state index in [0.29, 0.717) is 6.54 Å². The van der Waals surface area contributed by atoms with Gasteiger partial charge in [0.25, 0.3) is 0 Å². The monoisotopic (exact) mass is 355 g/mol. The van der Waals surface area contributed by atoms with Gasteiger partial charge >= 0.3 is 0 Å². The molecule has 2 fully saturated rings. The van der Waals surface area contributed by atoms with E-state index in [1.165, 1.54) is 4.90 Å². The van der Waals surface area contributed by atoms with E-state index in [9.17, 15) is 9.59 Å². The Morgan fingerprint density at radius 3 is 2.40 bits per heavy atom. The van der Waals surface area contributed by atoms with Crippen LogP contribution in [-0.2, 0) is 20.6 Å². The molecule has 1 saturated heterocycles. The summed E-state index contributed by atoms with van der Waals surface area (Å²) >= 11 is 0. The second-order valence-electron chi connectivity index (χ2n) is 8.43. The van der Waals surface area contributed by atoms with Crippen LogP contribution in [0.25, 0.3) is 0 Å². The van der Waals surface area contributed by atoms with Gasteiger partial charge in [0.05, 0.1) is 24.1 Å². The van der Waals surface area contributed by atoms with Crippen LogP contribution in [0.2, 0.25) is 19.6 Å². The highest BCUT2D eigenvalue weighted by molar-refractivity contribution is 6.70. The van der Waals surface area contributed by atoms with Crippen LogP contribution in [0, 0.1) is 23.7 Å². The topological polar surface area (TPSA) is 46.6 Å². The molecule has 5 rings (SSSR count). The summed E-state index contributed by atoms with van der Waals surface area (Å²) in [5.74, 6) is 0.836. The van der Waals surface area contributed by atoms with Gasteiger partial charge in [-0.3, -0.25) is 14.5 Å². The van der Waals surface area contributed by atoms with Gasteiger partial charge in [0, 0.05) is 5.92 Å². The predicted molar refractivity (Wildman–Crippen MR) is 97.7 cm³/mol. The van der Waals surface area contributed by atoms with Gasteiger partial charge in [0.2, 0.25) is 20.1 Å². The van der Waals surface area contributed by atoms with E-state index >= 15 is 0 Å². The Morgan fingerprint density at radius 1 is 1.04 bits per heavy atom. The van der Waals surface area contributed by atoms with Crippen LogP contribution in [0.4, 0.5) is 0 Å². The van der Waals surface area contributed by atoms with Crippen molar-refractivity contribution in [2.45, 2.75) is 39.0 Å². The first-order valence-electron chi connectivity index (χ1n) is 9.15. The molecule has 2 bridgehead atoms. The summed E-state index contributed by atoms with van der Waals surface area (Å²) < 4.78 is 6.28. The predicted octanol–water partition coefficient (Wildman–Crippen LogP) is 3.56. The normalized spacial score (nSPS) is 31.2. The molecule has 0 aromatic heterocycles. The number of fused-ring (bicyclic) bond motifs is 1. The fourth-order valence-electron chi connectivity index (χ4n) is 4.60. The van der Waals surface area contributed by atoms with Gasteiger partial charge < -0.3 is 4.43 Å². The number of imide groups is 1. The first-order chi connectivity index (χ1) is 11.8. The molecule has 4 atom stereocenters. The number of nitrogens with zero attached hydrogens (tertiary/aromatic N) is 1. The van der Waals surface area contributed by atoms with Gasteiger partial charge in [-0.2, -0.15) is 0 Å². The van der Waals surface area contributed by atoms with Crippen molar-refractivity contribution < 1.29 is 14.0 Å². The lowest BCUT2D eigenvalue weighted by Crippen LogP contribution is -2.43. The van der Waals surface area contributed by atoms with Crippen LogP contribution in [0.1, 0.15) is 18.4 Å². The van der Waals surface area contributed by atoms with E-state index in [1.54, 1.807) is 0 Å². The third-order valence-corrected chi connectivity index (χ3v) is 6.39. The molecule has 5 heteroatoms. The molecule has 1 aromatic carbocycles. The maximum absolute atomic E-state index is 13.1. The van der Waals surface area contributed by atoms with Crippen LogP contribution in [0.5, 0.6) is 0 Å². The molecule has 2 amide bonds. The average Bonchev–Trinajstić information content (AvgIpc) is 2.82. The lowest BCUT2D eigenvalue weighted by atomic mass is 9.62. The number of carbonyl (C=O) groups is 2. The third-order valence-electron chi connectivity index (χ3n) is 5.55. The highest BCUT2D eigenvalue weighted by Crippen LogP contribution is 2.53. The van der Waals surface area contributed by atoms with Crippen molar-refractivity contribution in [3.8, 4) is 0 Å². The van der Waals surface area contributed by atoms with Crippen molar-refractivity contribution in [1.82, 2.24) is 4.90 Å². The maximum atomic E-state index is 13.1. The number of allylic oxidation sites excluding steroid dienone is 2. The van der Waals surface area contributed by atoms with Gasteiger partial charge in [-0.25, -0.2) is 0 Å². The number of carbonyl (C=O) groups excluding carboxylic acids is 2. The molecular formula is C20H25NO3Si. The van der Waals surface area contributed by atoms with Crippen molar-refractivity contribution in [2.24, 2.45) is 23.7 Å². The van der Waals surface area contributed by atoms with E-state index in [-0.39, 0.29) is 35.5 Å². The summed E-state index contributed by atoms with van der Waals surface area (Å²) in [6.07, 6.45) is 4.10. The molecule has 1 heterocycles. The number of hydrogen-bond donors (Lipinski definition) is 0. The van der Waals surface area contributed by atoms with Crippen LogP contribution < -0.4 is 0 Å². The quantitative estimate of drug-likeness (QED) is 0.613. The second-order valence-corrected chi connectivity index (χ2v) is 12.9. The van der Waals surface area contributed by atoms with Crippen LogP contribution in [0.15, 0.2) is 42.2 Å². The molecule has 4 nitrogen and oxygen atoms in total. The second kappa shape index (κ2) is 5.83. The van der Waals surface area contributed by atoms with E-state index in [0.717, 1.165) is 24.2 Å². The standard InChI is InChI=1S/C20H25NO3Si/c1-25(2,3)24-16-11-14-9-10-15(16)18-17(14)19(22)21(20(18)23)12-13-7-5-4-6-8-13/h4-8,11,14-15,17-18H,9-10,12H2,1-3H3. The minimum Gasteiger partial charge on any atom is -0.547 e. The number of benzene rings is 1. The molecule has 4 unspecified atom stereocenters. The summed E-state index contributed by atoms with van der Waals surface area (Å²) in [6.45, 7) is 6.87. The molecular weight excluding hydrogens is 330 g/mol. The Hall–Kier alpha value is -1.88. The molecule has 0 N–H and O–H groups in total. The molecule has 1 saturated carbocycles. The van der Waals surface area contributed by atoms with Crippen molar-refractivity contribution >= 4 is 20.1 Å². The summed E-state index contributed by atoms with van der Waals surface area (Å²) in [7, 11) is -1.72. The zero-order chi connectivity index (χ0) is 17.8. The lowest BCUT2D eigenvalue weighted by Gasteiger charge is -2.43. The Kier molecular flexibility index (Phi) is 3.87. The maximum Gasteiger partial charge on any atom is 0.241 e. The molecule has 1 aromatic rings. The SMILES string of the molecule is C[Si](C)(C)OC1=CC2CCC1C1C(=O)N(Cc3ccccc3)C(=O)C21. The zero-order valence-electron chi connectivity index (χ0n) is 15.1. The van der Waals surface area contributed by atoms with E-state index in [4.69, 9.17) is 4.43 Å². The Balaban J connectivity index is 1.61. The van der Waals surface area contributed by atoms with Gasteiger partial charge in [0.1, 0.15) is 0 Å². The van der Waals surface area contributed by atoms with E-state index < -0.39 is 8.32 Å². The van der Waals surface area contributed by atoms with Crippen molar-refractivity contribution in [3.63, 3.8) is 0 Å². The first-order valence-corrected chi connectivity index (χ1v) is 12.6. The number of hydrogen-bond acceptors (Lipinski definition) is 3. The van der Waals surface area contributed by atoms with Crippen molar-refractivity contribution in [1.29, 1.82) is 0 Å². The molecule has 132 valence electrons. The number of likely N-dealkylation sites (tertiary alicyclic amines) is 1. The Bertz CT molecular complexity index is 737. The van der Waals surface area contributed by atoms with Gasteiger partial charge in [0.15, 0.2) is 0 Å². The highest BCUT2D eigenvalue weighted by Gasteiger charge is 2.59. The fourth-order valence-corrected chi connectivity index (χ4v) is 5.53. The molecule has 4 aliphatic rings. The highest BCUT2D eigenvalue weighted by atomic mass is 28.4. The first kappa shape index (κ1) is 16.6. The Morgan fingerprint density at radius 2 is 1.72 bits per heavy atom. The Labute approximate surface area is 150 Å². The summed E-state index contributed by atoms with van der Waals surface area (Å²) in [5.41, 5.74) is 1.00. The molecule has 0 radical (unpaired) electrons. The third kappa shape index (κ3) is 2.84. The summed E-state index contributed by atoms with van der Waals surface area (Å²) in [4.78, 5) is 27.6. The zero-order valence-corrected chi connectivity index (χ0v) is 16.1. The van der Waals surface area contributed by atoms with Crippen LogP contribution in [-0.4, -0.2) is 25.0 Å². The van der Waals surface area contributed by atoms with Crippen molar-refractivity contribution in [2.75, 3.05) is 0 Å². The average molecular weight is 356 g/mol. The summed E-state index contributed by atoms with van der Waals surface area (Å²) in [5, 5.41) is 0. The molecule has 1 aliphatic heterocycles. The van der Waals surface area contributed by atoms with Gasteiger partial charge in [-0.1, -0.05) is 30.3 Å². The molecule has 0 spiro atoms.